The van der Waals surface area contributed by atoms with Gasteiger partial charge in [0.25, 0.3) is 0 Å². The predicted octanol–water partition coefficient (Wildman–Crippen LogP) is 3.71. The lowest BCUT2D eigenvalue weighted by Gasteiger charge is -2.39. The fourth-order valence-electron chi connectivity index (χ4n) is 3.62. The third kappa shape index (κ3) is 2.46. The molecule has 0 fully saturated rings. The van der Waals surface area contributed by atoms with E-state index in [1.807, 2.05) is 41.3 Å². The van der Waals surface area contributed by atoms with Gasteiger partial charge in [0.05, 0.1) is 6.04 Å². The molecule has 0 aromatic heterocycles. The van der Waals surface area contributed by atoms with Crippen LogP contribution in [0.15, 0.2) is 42.5 Å². The number of rotatable bonds is 2. The number of para-hydroxylation sites is 1. The molecule has 0 aliphatic carbocycles. The van der Waals surface area contributed by atoms with Crippen LogP contribution in [0.4, 0.5) is 11.4 Å². The molecule has 2 atom stereocenters. The standard InChI is InChI=1S/C19H20N2O3/c1-12-9-16(15-5-3-4-6-17(15)21(12)13(2)22)20-14-7-8-18-19(10-14)24-11-23-18/h3-8,10,12,16,20H,9,11H2,1-2H3/t12-,16+/m1/s1. The number of anilines is 2. The van der Waals surface area contributed by atoms with Gasteiger partial charge in [0, 0.05) is 30.4 Å². The molecule has 24 heavy (non-hydrogen) atoms. The lowest BCUT2D eigenvalue weighted by Crippen LogP contribution is -2.43. The lowest BCUT2D eigenvalue weighted by molar-refractivity contribution is -0.117. The smallest absolute Gasteiger partial charge is 0.231 e. The average molecular weight is 324 g/mol. The zero-order chi connectivity index (χ0) is 16.7. The summed E-state index contributed by atoms with van der Waals surface area (Å²) in [5.41, 5.74) is 3.12. The molecule has 0 saturated carbocycles. The van der Waals surface area contributed by atoms with Gasteiger partial charge < -0.3 is 19.7 Å². The first kappa shape index (κ1) is 14.9. The first-order valence-electron chi connectivity index (χ1n) is 8.18. The topological polar surface area (TPSA) is 50.8 Å². The Labute approximate surface area is 141 Å². The van der Waals surface area contributed by atoms with Crippen LogP contribution in [0.3, 0.4) is 0 Å². The summed E-state index contributed by atoms with van der Waals surface area (Å²) < 4.78 is 10.8. The van der Waals surface area contributed by atoms with Crippen molar-refractivity contribution < 1.29 is 14.3 Å². The Morgan fingerprint density at radius 2 is 1.96 bits per heavy atom. The number of hydrogen-bond acceptors (Lipinski definition) is 4. The SMILES string of the molecule is CC(=O)N1c2ccccc2[C@@H](Nc2ccc3c(c2)OCO3)C[C@H]1C. The van der Waals surface area contributed by atoms with Crippen LogP contribution in [-0.2, 0) is 4.79 Å². The Bertz CT molecular complexity index is 790. The van der Waals surface area contributed by atoms with E-state index < -0.39 is 0 Å². The van der Waals surface area contributed by atoms with Gasteiger partial charge in [-0.05, 0) is 37.1 Å². The molecular formula is C19H20N2O3. The minimum atomic E-state index is 0.0801. The molecule has 2 aromatic rings. The molecule has 0 unspecified atom stereocenters. The van der Waals surface area contributed by atoms with E-state index in [0.29, 0.717) is 0 Å². The third-order valence-corrected chi connectivity index (χ3v) is 4.64. The molecule has 1 amide bonds. The Balaban J connectivity index is 1.66. The van der Waals surface area contributed by atoms with Crippen molar-refractivity contribution in [2.45, 2.75) is 32.4 Å². The predicted molar refractivity (Wildman–Crippen MR) is 92.6 cm³/mol. The Morgan fingerprint density at radius 1 is 1.17 bits per heavy atom. The van der Waals surface area contributed by atoms with Crippen molar-refractivity contribution in [3.63, 3.8) is 0 Å². The molecule has 2 aliphatic rings. The van der Waals surface area contributed by atoms with Gasteiger partial charge in [0.15, 0.2) is 11.5 Å². The number of carbonyl (C=O) groups is 1. The van der Waals surface area contributed by atoms with Crippen LogP contribution in [0.25, 0.3) is 0 Å². The lowest BCUT2D eigenvalue weighted by atomic mass is 9.91. The van der Waals surface area contributed by atoms with Gasteiger partial charge in [-0.3, -0.25) is 4.79 Å². The number of nitrogens with one attached hydrogen (secondary N) is 1. The molecule has 5 heteroatoms. The summed E-state index contributed by atoms with van der Waals surface area (Å²) in [5.74, 6) is 1.62. The molecular weight excluding hydrogens is 304 g/mol. The number of nitrogens with zero attached hydrogens (tertiary/aromatic N) is 1. The summed E-state index contributed by atoms with van der Waals surface area (Å²) in [6, 6.07) is 14.3. The number of carbonyl (C=O) groups excluding carboxylic acids is 1. The number of amides is 1. The molecule has 5 nitrogen and oxygen atoms in total. The molecule has 2 aromatic carbocycles. The summed E-state index contributed by atoms with van der Waals surface area (Å²) in [7, 11) is 0. The van der Waals surface area contributed by atoms with Crippen LogP contribution in [0.1, 0.15) is 31.9 Å². The monoisotopic (exact) mass is 324 g/mol. The summed E-state index contributed by atoms with van der Waals surface area (Å²) >= 11 is 0. The normalized spacial score (nSPS) is 21.3. The van der Waals surface area contributed by atoms with Crippen LogP contribution >= 0.6 is 0 Å². The van der Waals surface area contributed by atoms with E-state index in [1.54, 1.807) is 6.92 Å². The van der Waals surface area contributed by atoms with Gasteiger partial charge in [-0.15, -0.1) is 0 Å². The molecule has 1 N–H and O–H groups in total. The summed E-state index contributed by atoms with van der Waals surface area (Å²) in [6.45, 7) is 3.99. The van der Waals surface area contributed by atoms with Gasteiger partial charge in [0.1, 0.15) is 0 Å². The van der Waals surface area contributed by atoms with E-state index in [9.17, 15) is 4.79 Å². The number of hydrogen-bond donors (Lipinski definition) is 1. The van der Waals surface area contributed by atoms with E-state index in [1.165, 1.54) is 0 Å². The fourth-order valence-corrected chi connectivity index (χ4v) is 3.62. The van der Waals surface area contributed by atoms with E-state index in [0.717, 1.165) is 34.9 Å². The molecule has 4 rings (SSSR count). The van der Waals surface area contributed by atoms with Crippen molar-refractivity contribution >= 4 is 17.3 Å². The minimum Gasteiger partial charge on any atom is -0.454 e. The van der Waals surface area contributed by atoms with Crippen LogP contribution in [0.5, 0.6) is 11.5 Å². The molecule has 0 bridgehead atoms. The van der Waals surface area contributed by atoms with Crippen molar-refractivity contribution in [2.24, 2.45) is 0 Å². The van der Waals surface area contributed by atoms with Crippen LogP contribution in [-0.4, -0.2) is 18.7 Å². The zero-order valence-corrected chi connectivity index (χ0v) is 13.8. The Hall–Kier alpha value is -2.69. The van der Waals surface area contributed by atoms with E-state index in [2.05, 4.69) is 18.3 Å². The summed E-state index contributed by atoms with van der Waals surface area (Å²) in [6.07, 6.45) is 0.852. The molecule has 2 heterocycles. The van der Waals surface area contributed by atoms with Crippen LogP contribution in [0.2, 0.25) is 0 Å². The van der Waals surface area contributed by atoms with Crippen molar-refractivity contribution in [3.8, 4) is 11.5 Å². The zero-order valence-electron chi connectivity index (χ0n) is 13.8. The first-order valence-corrected chi connectivity index (χ1v) is 8.18. The molecule has 0 spiro atoms. The number of ether oxygens (including phenoxy) is 2. The van der Waals surface area contributed by atoms with Crippen molar-refractivity contribution in [2.75, 3.05) is 17.0 Å². The largest absolute Gasteiger partial charge is 0.454 e. The first-order chi connectivity index (χ1) is 11.6. The second kappa shape index (κ2) is 5.74. The van der Waals surface area contributed by atoms with Gasteiger partial charge >= 0.3 is 0 Å². The Morgan fingerprint density at radius 3 is 2.79 bits per heavy atom. The average Bonchev–Trinajstić information content (AvgIpc) is 3.02. The van der Waals surface area contributed by atoms with E-state index >= 15 is 0 Å². The second-order valence-electron chi connectivity index (χ2n) is 6.30. The van der Waals surface area contributed by atoms with Gasteiger partial charge in [0.2, 0.25) is 12.7 Å². The quantitative estimate of drug-likeness (QED) is 0.915. The highest BCUT2D eigenvalue weighted by molar-refractivity contribution is 5.93. The highest BCUT2D eigenvalue weighted by atomic mass is 16.7. The Kier molecular flexibility index (Phi) is 3.56. The maximum atomic E-state index is 12.0. The van der Waals surface area contributed by atoms with E-state index in [-0.39, 0.29) is 24.8 Å². The fraction of sp³-hybridized carbons (Fsp3) is 0.316. The number of fused-ring (bicyclic) bond motifs is 2. The third-order valence-electron chi connectivity index (χ3n) is 4.64. The molecule has 124 valence electrons. The van der Waals surface area contributed by atoms with Crippen LogP contribution < -0.4 is 19.7 Å². The highest BCUT2D eigenvalue weighted by Gasteiger charge is 2.32. The molecule has 0 saturated heterocycles. The van der Waals surface area contributed by atoms with Crippen molar-refractivity contribution in [3.05, 3.63) is 48.0 Å². The maximum absolute atomic E-state index is 12.0. The summed E-state index contributed by atoms with van der Waals surface area (Å²) in [5, 5.41) is 3.58. The molecule has 0 radical (unpaired) electrons. The molecule has 2 aliphatic heterocycles. The van der Waals surface area contributed by atoms with Crippen molar-refractivity contribution in [1.29, 1.82) is 0 Å². The van der Waals surface area contributed by atoms with Gasteiger partial charge in [-0.2, -0.15) is 0 Å². The van der Waals surface area contributed by atoms with E-state index in [4.69, 9.17) is 9.47 Å². The maximum Gasteiger partial charge on any atom is 0.231 e. The van der Waals surface area contributed by atoms with Gasteiger partial charge in [-0.25, -0.2) is 0 Å². The van der Waals surface area contributed by atoms with Gasteiger partial charge in [-0.1, -0.05) is 18.2 Å². The van der Waals surface area contributed by atoms with Crippen LogP contribution in [0, 0.1) is 0 Å². The second-order valence-corrected chi connectivity index (χ2v) is 6.30. The summed E-state index contributed by atoms with van der Waals surface area (Å²) in [4.78, 5) is 13.9. The minimum absolute atomic E-state index is 0.0801. The van der Waals surface area contributed by atoms with Crippen molar-refractivity contribution in [1.82, 2.24) is 0 Å². The number of benzene rings is 2. The highest BCUT2D eigenvalue weighted by Crippen LogP contribution is 2.40.